The Balaban J connectivity index is 2.00. The van der Waals surface area contributed by atoms with Gasteiger partial charge in [0.2, 0.25) is 5.76 Å². The molecule has 0 aliphatic carbocycles. The van der Waals surface area contributed by atoms with Crippen molar-refractivity contribution in [1.82, 2.24) is 20.3 Å². The van der Waals surface area contributed by atoms with Crippen LogP contribution in [0.25, 0.3) is 0 Å². The van der Waals surface area contributed by atoms with Crippen LogP contribution in [0.15, 0.2) is 15.4 Å². The molecule has 0 saturated heterocycles. The topological polar surface area (TPSA) is 95.0 Å². The Labute approximate surface area is 109 Å². The van der Waals surface area contributed by atoms with Crippen molar-refractivity contribution in [3.05, 3.63) is 39.1 Å². The van der Waals surface area contributed by atoms with Crippen molar-refractivity contribution in [2.24, 2.45) is 0 Å². The second-order valence-corrected chi connectivity index (χ2v) is 4.47. The first kappa shape index (κ1) is 13.1. The number of carbonyl (C=O) groups is 1. The number of nitrogens with zero attached hydrogens (tertiary/aromatic N) is 2. The largest absolute Gasteiger partial charge is 0.373 e. The summed E-state index contributed by atoms with van der Waals surface area (Å²) in [5.74, 6) is -0.301. The molecule has 7 nitrogen and oxygen atoms in total. The van der Waals surface area contributed by atoms with Gasteiger partial charge in [0, 0.05) is 19.3 Å². The van der Waals surface area contributed by atoms with E-state index in [0.717, 1.165) is 23.0 Å². The van der Waals surface area contributed by atoms with Crippen molar-refractivity contribution in [1.29, 1.82) is 0 Å². The molecule has 0 bridgehead atoms. The second kappa shape index (κ2) is 5.13. The highest BCUT2D eigenvalue weighted by Gasteiger charge is 2.17. The van der Waals surface area contributed by atoms with E-state index in [4.69, 9.17) is 4.52 Å². The summed E-state index contributed by atoms with van der Waals surface area (Å²) in [5.41, 5.74) is 2.63. The molecule has 2 aromatic rings. The molecule has 0 atom stereocenters. The second-order valence-electron chi connectivity index (χ2n) is 4.47. The Morgan fingerprint density at radius 3 is 2.74 bits per heavy atom. The summed E-state index contributed by atoms with van der Waals surface area (Å²) in [5, 5.41) is 9.11. The van der Waals surface area contributed by atoms with Crippen molar-refractivity contribution in [2.75, 3.05) is 13.6 Å². The number of hydrogen-bond donors (Lipinski definition) is 2. The summed E-state index contributed by atoms with van der Waals surface area (Å²) < 4.78 is 4.78. The van der Waals surface area contributed by atoms with Crippen LogP contribution in [0.5, 0.6) is 0 Å². The van der Waals surface area contributed by atoms with Crippen LogP contribution < -0.4 is 5.56 Å². The Bertz CT molecular complexity index is 618. The lowest BCUT2D eigenvalue weighted by Crippen LogP contribution is -2.28. The number of aromatic nitrogens is 3. The van der Waals surface area contributed by atoms with Gasteiger partial charge in [-0.1, -0.05) is 0 Å². The fraction of sp³-hybridized carbons (Fsp3) is 0.417. The molecule has 2 rings (SSSR count). The molecule has 2 N–H and O–H groups in total. The van der Waals surface area contributed by atoms with Crippen LogP contribution in [0.3, 0.4) is 0 Å². The highest BCUT2D eigenvalue weighted by Crippen LogP contribution is 2.11. The average molecular weight is 264 g/mol. The zero-order chi connectivity index (χ0) is 14.0. The van der Waals surface area contributed by atoms with Crippen LogP contribution in [0, 0.1) is 13.8 Å². The van der Waals surface area contributed by atoms with Crippen molar-refractivity contribution in [2.45, 2.75) is 20.3 Å². The summed E-state index contributed by atoms with van der Waals surface area (Å²) in [6, 6.07) is 1.15. The molecule has 0 aromatic carbocycles. The number of aromatic amines is 2. The van der Waals surface area contributed by atoms with Gasteiger partial charge in [-0.2, -0.15) is 10.3 Å². The van der Waals surface area contributed by atoms with E-state index in [2.05, 4.69) is 15.4 Å². The van der Waals surface area contributed by atoms with Gasteiger partial charge in [-0.3, -0.25) is 14.7 Å². The lowest BCUT2D eigenvalue weighted by atomic mass is 10.1. The van der Waals surface area contributed by atoms with E-state index in [1.165, 1.54) is 4.90 Å². The Hall–Kier alpha value is -2.31. The number of aryl methyl sites for hydroxylation is 2. The first-order valence-electron chi connectivity index (χ1n) is 5.93. The predicted octanol–water partition coefficient (Wildman–Crippen LogP) is 0.623. The monoisotopic (exact) mass is 264 g/mol. The number of rotatable bonds is 4. The molecule has 0 unspecified atom stereocenters. The normalized spacial score (nSPS) is 10.7. The quantitative estimate of drug-likeness (QED) is 0.846. The summed E-state index contributed by atoms with van der Waals surface area (Å²) in [4.78, 5) is 24.4. The Morgan fingerprint density at radius 2 is 2.21 bits per heavy atom. The molecule has 19 heavy (non-hydrogen) atoms. The summed E-state index contributed by atoms with van der Waals surface area (Å²) >= 11 is 0. The third-order valence-electron chi connectivity index (χ3n) is 3.06. The van der Waals surface area contributed by atoms with E-state index in [1.807, 2.05) is 13.8 Å². The maximum atomic E-state index is 11.9. The lowest BCUT2D eigenvalue weighted by Gasteiger charge is -2.15. The van der Waals surface area contributed by atoms with Gasteiger partial charge in [-0.15, -0.1) is 0 Å². The molecular weight excluding hydrogens is 248 g/mol. The minimum atomic E-state index is -0.418. The van der Waals surface area contributed by atoms with Crippen molar-refractivity contribution in [3.63, 3.8) is 0 Å². The molecule has 0 radical (unpaired) electrons. The first-order valence-corrected chi connectivity index (χ1v) is 5.93. The summed E-state index contributed by atoms with van der Waals surface area (Å²) in [6.07, 6.45) is 0.699. The molecule has 1 amide bonds. The van der Waals surface area contributed by atoms with Crippen molar-refractivity contribution in [3.8, 4) is 0 Å². The first-order chi connectivity index (χ1) is 8.99. The van der Waals surface area contributed by atoms with Crippen LogP contribution in [-0.4, -0.2) is 39.8 Å². The number of amides is 1. The van der Waals surface area contributed by atoms with E-state index < -0.39 is 5.56 Å². The van der Waals surface area contributed by atoms with Gasteiger partial charge in [-0.25, -0.2) is 0 Å². The van der Waals surface area contributed by atoms with Crippen molar-refractivity contribution < 1.29 is 9.32 Å². The summed E-state index contributed by atoms with van der Waals surface area (Å²) in [6.45, 7) is 4.39. The van der Waals surface area contributed by atoms with Crippen LogP contribution in [0.4, 0.5) is 0 Å². The SMILES string of the molecule is Cc1n[nH]c(C)c1CCN(C)C(=O)c1cc(=O)[nH]o1. The van der Waals surface area contributed by atoms with E-state index in [0.29, 0.717) is 13.0 Å². The molecule has 2 aromatic heterocycles. The fourth-order valence-electron chi connectivity index (χ4n) is 1.90. The molecule has 0 aliphatic heterocycles. The van der Waals surface area contributed by atoms with Gasteiger partial charge in [0.15, 0.2) is 0 Å². The molecule has 7 heteroatoms. The molecule has 102 valence electrons. The molecular formula is C12H16N4O3. The molecule has 0 aliphatic rings. The predicted molar refractivity (Wildman–Crippen MR) is 68.1 cm³/mol. The molecule has 2 heterocycles. The molecule has 0 saturated carbocycles. The third-order valence-corrected chi connectivity index (χ3v) is 3.06. The third kappa shape index (κ3) is 2.75. The number of nitrogens with one attached hydrogen (secondary N) is 2. The summed E-state index contributed by atoms with van der Waals surface area (Å²) in [7, 11) is 1.67. The molecule has 0 spiro atoms. The maximum Gasteiger partial charge on any atom is 0.292 e. The standard InChI is InChI=1S/C12H16N4O3/c1-7-9(8(2)14-13-7)4-5-16(3)12(18)10-6-11(17)15-19-10/h6H,4-5H2,1-3H3,(H,13,14)(H,15,17). The minimum absolute atomic E-state index is 0.0214. The van der Waals surface area contributed by atoms with Gasteiger partial charge in [0.1, 0.15) is 0 Å². The highest BCUT2D eigenvalue weighted by molar-refractivity contribution is 5.91. The minimum Gasteiger partial charge on any atom is -0.373 e. The Morgan fingerprint density at radius 1 is 1.47 bits per heavy atom. The van der Waals surface area contributed by atoms with Crippen LogP contribution in [-0.2, 0) is 6.42 Å². The number of carbonyl (C=O) groups excluding carboxylic acids is 1. The van der Waals surface area contributed by atoms with E-state index >= 15 is 0 Å². The number of likely N-dealkylation sites (N-methyl/N-ethyl adjacent to an activating group) is 1. The van der Waals surface area contributed by atoms with Crippen LogP contribution in [0.1, 0.15) is 27.5 Å². The number of H-pyrrole nitrogens is 2. The maximum absolute atomic E-state index is 11.9. The average Bonchev–Trinajstić information content (AvgIpc) is 2.93. The van der Waals surface area contributed by atoms with Crippen LogP contribution >= 0.6 is 0 Å². The van der Waals surface area contributed by atoms with E-state index in [-0.39, 0.29) is 11.7 Å². The van der Waals surface area contributed by atoms with Gasteiger partial charge in [0.05, 0.1) is 11.8 Å². The van der Waals surface area contributed by atoms with Gasteiger partial charge >= 0.3 is 0 Å². The Kier molecular flexibility index (Phi) is 3.55. The zero-order valence-corrected chi connectivity index (χ0v) is 11.1. The molecule has 0 fully saturated rings. The zero-order valence-electron chi connectivity index (χ0n) is 11.1. The smallest absolute Gasteiger partial charge is 0.292 e. The van der Waals surface area contributed by atoms with E-state index in [1.54, 1.807) is 7.05 Å². The fourth-order valence-corrected chi connectivity index (χ4v) is 1.90. The highest BCUT2D eigenvalue weighted by atomic mass is 16.5. The lowest BCUT2D eigenvalue weighted by molar-refractivity contribution is 0.0755. The van der Waals surface area contributed by atoms with Gasteiger partial charge in [0.25, 0.3) is 11.5 Å². The number of hydrogen-bond acceptors (Lipinski definition) is 4. The van der Waals surface area contributed by atoms with Gasteiger partial charge < -0.3 is 9.42 Å². The van der Waals surface area contributed by atoms with Crippen molar-refractivity contribution >= 4 is 5.91 Å². The van der Waals surface area contributed by atoms with Crippen LogP contribution in [0.2, 0.25) is 0 Å². The van der Waals surface area contributed by atoms with Gasteiger partial charge in [-0.05, 0) is 25.8 Å². The van der Waals surface area contributed by atoms with E-state index in [9.17, 15) is 9.59 Å².